The van der Waals surface area contributed by atoms with Crippen molar-refractivity contribution in [3.8, 4) is 0 Å². The van der Waals surface area contributed by atoms with Gasteiger partial charge in [0.05, 0.1) is 11.2 Å². The summed E-state index contributed by atoms with van der Waals surface area (Å²) in [4.78, 5) is 28.8. The number of aromatic nitrogens is 3. The number of hydrogen-bond donors (Lipinski definition) is 1. The molecule has 170 valence electrons. The van der Waals surface area contributed by atoms with E-state index in [4.69, 9.17) is 0 Å². The number of sulfonamides is 1. The summed E-state index contributed by atoms with van der Waals surface area (Å²) in [6.07, 6.45) is 6.52. The van der Waals surface area contributed by atoms with E-state index < -0.39 is 15.6 Å². The van der Waals surface area contributed by atoms with Crippen molar-refractivity contribution in [3.63, 3.8) is 0 Å². The van der Waals surface area contributed by atoms with Crippen LogP contribution in [0.1, 0.15) is 25.0 Å². The van der Waals surface area contributed by atoms with Crippen molar-refractivity contribution in [2.24, 2.45) is 0 Å². The summed E-state index contributed by atoms with van der Waals surface area (Å²) in [5.74, 6) is -0.387. The highest BCUT2D eigenvalue weighted by Gasteiger charge is 2.22. The first-order valence-corrected chi connectivity index (χ1v) is 11.8. The molecule has 10 heteroatoms. The maximum absolute atomic E-state index is 12.7. The van der Waals surface area contributed by atoms with Crippen LogP contribution in [0, 0.1) is 0 Å². The zero-order valence-corrected chi connectivity index (χ0v) is 19.0. The second-order valence-corrected chi connectivity index (χ2v) is 9.14. The Bertz CT molecular complexity index is 1220. The third-order valence-corrected chi connectivity index (χ3v) is 7.15. The molecule has 0 saturated heterocycles. The summed E-state index contributed by atoms with van der Waals surface area (Å²) in [7, 11) is -3.73. The van der Waals surface area contributed by atoms with Crippen LogP contribution in [0.3, 0.4) is 0 Å². The third-order valence-electron chi connectivity index (χ3n) is 5.12. The number of imidazole rings is 1. The van der Waals surface area contributed by atoms with E-state index in [1.54, 1.807) is 26.4 Å². The van der Waals surface area contributed by atoms with E-state index in [0.29, 0.717) is 19.6 Å². The number of carbonyl (C=O) groups is 1. The van der Waals surface area contributed by atoms with Crippen LogP contribution in [-0.2, 0) is 34.5 Å². The summed E-state index contributed by atoms with van der Waals surface area (Å²) in [5.41, 5.74) is 1.54. The van der Waals surface area contributed by atoms with Crippen LogP contribution >= 0.6 is 0 Å². The summed E-state index contributed by atoms with van der Waals surface area (Å²) in [6, 6.07) is 10.2. The van der Waals surface area contributed by atoms with Crippen LogP contribution < -0.4 is 10.9 Å². The molecule has 0 unspecified atom stereocenters. The monoisotopic (exact) mass is 457 g/mol. The Kier molecular flexibility index (Phi) is 7.60. The molecule has 0 aliphatic heterocycles. The summed E-state index contributed by atoms with van der Waals surface area (Å²) < 4.78 is 29.8. The van der Waals surface area contributed by atoms with Gasteiger partial charge in [0, 0.05) is 50.8 Å². The first-order chi connectivity index (χ1) is 15.3. The van der Waals surface area contributed by atoms with Gasteiger partial charge >= 0.3 is 0 Å². The molecule has 9 nitrogen and oxygen atoms in total. The number of rotatable bonds is 10. The highest BCUT2D eigenvalue weighted by atomic mass is 32.2. The maximum atomic E-state index is 12.7. The van der Waals surface area contributed by atoms with E-state index in [1.165, 1.54) is 22.6 Å². The lowest BCUT2D eigenvalue weighted by Gasteiger charge is -2.19. The molecule has 0 aliphatic carbocycles. The van der Waals surface area contributed by atoms with E-state index in [0.717, 1.165) is 15.7 Å². The SMILES string of the molecule is CCN(CC)S(=O)(=O)c1ccc(=O)n(CC(=O)NCc2ccccc2Cn2ccnc2)c1. The molecule has 0 bridgehead atoms. The molecule has 32 heavy (non-hydrogen) atoms. The van der Waals surface area contributed by atoms with Crippen LogP contribution in [0.15, 0.2) is 71.0 Å². The Morgan fingerprint density at radius 1 is 1.09 bits per heavy atom. The van der Waals surface area contributed by atoms with Crippen molar-refractivity contribution < 1.29 is 13.2 Å². The van der Waals surface area contributed by atoms with Crippen molar-refractivity contribution in [1.82, 2.24) is 23.7 Å². The Balaban J connectivity index is 1.70. The Morgan fingerprint density at radius 2 is 1.81 bits per heavy atom. The predicted molar refractivity (Wildman–Crippen MR) is 120 cm³/mol. The molecular weight excluding hydrogens is 430 g/mol. The maximum Gasteiger partial charge on any atom is 0.251 e. The van der Waals surface area contributed by atoms with Gasteiger partial charge in [-0.15, -0.1) is 0 Å². The molecule has 2 heterocycles. The number of nitrogens with one attached hydrogen (secondary N) is 1. The van der Waals surface area contributed by atoms with Gasteiger partial charge in [-0.05, 0) is 17.2 Å². The van der Waals surface area contributed by atoms with E-state index >= 15 is 0 Å². The molecule has 0 atom stereocenters. The molecule has 0 saturated carbocycles. The number of hydrogen-bond acceptors (Lipinski definition) is 5. The molecule has 1 amide bonds. The minimum absolute atomic E-state index is 0.0146. The van der Waals surface area contributed by atoms with Gasteiger partial charge in [0.15, 0.2) is 0 Å². The Morgan fingerprint density at radius 3 is 2.47 bits per heavy atom. The van der Waals surface area contributed by atoms with Crippen LogP contribution in [0.5, 0.6) is 0 Å². The van der Waals surface area contributed by atoms with Crippen molar-refractivity contribution in [2.45, 2.75) is 38.4 Å². The van der Waals surface area contributed by atoms with Crippen LogP contribution in [0.4, 0.5) is 0 Å². The summed E-state index contributed by atoms with van der Waals surface area (Å²) in [6.45, 7) is 4.76. The minimum Gasteiger partial charge on any atom is -0.350 e. The molecule has 1 aromatic carbocycles. The first kappa shape index (κ1) is 23.4. The fraction of sp³-hybridized carbons (Fsp3) is 0.318. The molecule has 0 aliphatic rings. The van der Waals surface area contributed by atoms with Crippen molar-refractivity contribution in [1.29, 1.82) is 0 Å². The van der Waals surface area contributed by atoms with E-state index in [2.05, 4.69) is 10.3 Å². The van der Waals surface area contributed by atoms with Gasteiger partial charge in [0.1, 0.15) is 6.54 Å². The lowest BCUT2D eigenvalue weighted by molar-refractivity contribution is -0.121. The molecule has 3 rings (SSSR count). The third kappa shape index (κ3) is 5.51. The second-order valence-electron chi connectivity index (χ2n) is 7.20. The van der Waals surface area contributed by atoms with Gasteiger partial charge < -0.3 is 14.5 Å². The molecule has 2 aromatic heterocycles. The standard InChI is InChI=1S/C22H27N5O4S/c1-3-27(4-2)32(30,31)20-9-10-22(29)26(15-20)16-21(28)24-13-18-7-5-6-8-19(18)14-25-12-11-23-17-25/h5-12,15,17H,3-4,13-14,16H2,1-2H3,(H,24,28). The first-order valence-electron chi connectivity index (χ1n) is 10.3. The predicted octanol–water partition coefficient (Wildman–Crippen LogP) is 1.44. The smallest absolute Gasteiger partial charge is 0.251 e. The molecule has 1 N–H and O–H groups in total. The number of amides is 1. The summed E-state index contributed by atoms with van der Waals surface area (Å²) in [5, 5.41) is 2.81. The van der Waals surface area contributed by atoms with Crippen LogP contribution in [0.25, 0.3) is 0 Å². The average Bonchev–Trinajstić information content (AvgIpc) is 3.28. The number of pyridine rings is 1. The normalized spacial score (nSPS) is 11.6. The average molecular weight is 458 g/mol. The largest absolute Gasteiger partial charge is 0.350 e. The van der Waals surface area contributed by atoms with Crippen LogP contribution in [0.2, 0.25) is 0 Å². The fourth-order valence-electron chi connectivity index (χ4n) is 3.36. The second kappa shape index (κ2) is 10.4. The molecule has 3 aromatic rings. The minimum atomic E-state index is -3.73. The van der Waals surface area contributed by atoms with Gasteiger partial charge in [0.25, 0.3) is 5.56 Å². The zero-order valence-electron chi connectivity index (χ0n) is 18.1. The van der Waals surface area contributed by atoms with E-state index in [9.17, 15) is 18.0 Å². The van der Waals surface area contributed by atoms with Gasteiger partial charge in [-0.1, -0.05) is 38.1 Å². The lowest BCUT2D eigenvalue weighted by atomic mass is 10.1. The van der Waals surface area contributed by atoms with E-state index in [-0.39, 0.29) is 23.9 Å². The quantitative estimate of drug-likeness (QED) is 0.496. The zero-order chi connectivity index (χ0) is 23.1. The number of nitrogens with zero attached hydrogens (tertiary/aromatic N) is 4. The van der Waals surface area contributed by atoms with Gasteiger partial charge in [0.2, 0.25) is 15.9 Å². The fourth-order valence-corrected chi connectivity index (χ4v) is 4.84. The molecule has 0 spiro atoms. The molecule has 0 radical (unpaired) electrons. The highest BCUT2D eigenvalue weighted by Crippen LogP contribution is 2.14. The van der Waals surface area contributed by atoms with Gasteiger partial charge in [-0.3, -0.25) is 9.59 Å². The topological polar surface area (TPSA) is 106 Å². The van der Waals surface area contributed by atoms with Crippen molar-refractivity contribution in [2.75, 3.05) is 13.1 Å². The summed E-state index contributed by atoms with van der Waals surface area (Å²) >= 11 is 0. The highest BCUT2D eigenvalue weighted by molar-refractivity contribution is 7.89. The molecule has 0 fully saturated rings. The lowest BCUT2D eigenvalue weighted by Crippen LogP contribution is -2.34. The Hall–Kier alpha value is -3.24. The van der Waals surface area contributed by atoms with Crippen molar-refractivity contribution >= 4 is 15.9 Å². The van der Waals surface area contributed by atoms with Crippen LogP contribution in [-0.4, -0.2) is 45.8 Å². The van der Waals surface area contributed by atoms with Crippen molar-refractivity contribution in [3.05, 3.63) is 82.8 Å². The molecular formula is C22H27N5O4S. The Labute approximate surface area is 187 Å². The van der Waals surface area contributed by atoms with E-state index in [1.807, 2.05) is 35.0 Å². The van der Waals surface area contributed by atoms with Gasteiger partial charge in [-0.25, -0.2) is 13.4 Å². The van der Waals surface area contributed by atoms with Gasteiger partial charge in [-0.2, -0.15) is 4.31 Å². The number of benzene rings is 1. The number of carbonyl (C=O) groups excluding carboxylic acids is 1.